The third kappa shape index (κ3) is 1.86. The zero-order valence-corrected chi connectivity index (χ0v) is 11.0. The first-order valence-corrected chi connectivity index (χ1v) is 7.84. The van der Waals surface area contributed by atoms with E-state index in [1.165, 1.54) is 0 Å². The summed E-state index contributed by atoms with van der Waals surface area (Å²) < 4.78 is 26.5. The van der Waals surface area contributed by atoms with E-state index in [2.05, 4.69) is 0 Å². The summed E-state index contributed by atoms with van der Waals surface area (Å²) >= 11 is 0. The van der Waals surface area contributed by atoms with Gasteiger partial charge in [0.1, 0.15) is 0 Å². The van der Waals surface area contributed by atoms with Gasteiger partial charge in [-0.3, -0.25) is 0 Å². The van der Waals surface area contributed by atoms with Gasteiger partial charge < -0.3 is 5.73 Å². The Hall–Kier alpha value is -0.910. The molecule has 0 spiro atoms. The number of nitrogens with two attached hydrogens (primary N) is 1. The van der Waals surface area contributed by atoms with Crippen LogP contribution in [-0.4, -0.2) is 31.9 Å². The Kier molecular flexibility index (Phi) is 2.92. The second kappa shape index (κ2) is 4.33. The lowest BCUT2D eigenvalue weighted by Gasteiger charge is -2.18. The first kappa shape index (κ1) is 12.1. The molecular formula is C13H18N2O2S. The van der Waals surface area contributed by atoms with Gasteiger partial charge in [-0.05, 0) is 36.8 Å². The highest BCUT2D eigenvalue weighted by Crippen LogP contribution is 2.39. The number of rotatable bonds is 2. The molecule has 2 N–H and O–H groups in total. The van der Waals surface area contributed by atoms with Crippen LogP contribution in [0.5, 0.6) is 0 Å². The van der Waals surface area contributed by atoms with E-state index in [4.69, 9.17) is 5.73 Å². The van der Waals surface area contributed by atoms with E-state index in [9.17, 15) is 8.42 Å². The minimum atomic E-state index is -3.33. The minimum Gasteiger partial charge on any atom is -0.327 e. The van der Waals surface area contributed by atoms with E-state index in [-0.39, 0.29) is 6.04 Å². The van der Waals surface area contributed by atoms with Crippen molar-refractivity contribution < 1.29 is 8.42 Å². The number of hydrogen-bond donors (Lipinski definition) is 1. The Balaban J connectivity index is 1.85. The van der Waals surface area contributed by atoms with Crippen LogP contribution in [0.15, 0.2) is 35.2 Å². The number of hydrogen-bond acceptors (Lipinski definition) is 3. The van der Waals surface area contributed by atoms with Crippen molar-refractivity contribution in [1.82, 2.24) is 4.31 Å². The van der Waals surface area contributed by atoms with Gasteiger partial charge in [0, 0.05) is 19.1 Å². The van der Waals surface area contributed by atoms with Gasteiger partial charge >= 0.3 is 0 Å². The van der Waals surface area contributed by atoms with Gasteiger partial charge in [0.05, 0.1) is 4.90 Å². The van der Waals surface area contributed by atoms with E-state index in [1.54, 1.807) is 28.6 Å². The van der Waals surface area contributed by atoms with Gasteiger partial charge in [-0.25, -0.2) is 8.42 Å². The normalized spacial score (nSPS) is 32.6. The molecule has 98 valence electrons. The van der Waals surface area contributed by atoms with Crippen molar-refractivity contribution in [1.29, 1.82) is 0 Å². The molecule has 5 heteroatoms. The summed E-state index contributed by atoms with van der Waals surface area (Å²) in [5.41, 5.74) is 6.04. The third-order valence-corrected chi connectivity index (χ3v) is 6.11. The Morgan fingerprint density at radius 2 is 1.83 bits per heavy atom. The van der Waals surface area contributed by atoms with Crippen LogP contribution in [0.3, 0.4) is 0 Å². The summed E-state index contributed by atoms with van der Waals surface area (Å²) in [6.45, 7) is 1.22. The van der Waals surface area contributed by atoms with Crippen molar-refractivity contribution in [2.24, 2.45) is 17.6 Å². The highest BCUT2D eigenvalue weighted by molar-refractivity contribution is 7.89. The topological polar surface area (TPSA) is 63.4 Å². The van der Waals surface area contributed by atoms with Crippen LogP contribution >= 0.6 is 0 Å². The standard InChI is InChI=1S/C13H18N2O2S/c14-13-7-6-10-8-15(9-12(10)13)18(16,17)11-4-2-1-3-5-11/h1-5,10,12-13H,6-9,14H2/t10-,12-,13+/m0/s1. The van der Waals surface area contributed by atoms with Crippen LogP contribution in [0.2, 0.25) is 0 Å². The molecule has 1 aromatic rings. The first-order chi connectivity index (χ1) is 8.59. The maximum absolute atomic E-state index is 12.5. The fourth-order valence-corrected chi connectivity index (χ4v) is 4.76. The van der Waals surface area contributed by atoms with Crippen molar-refractivity contribution >= 4 is 10.0 Å². The zero-order chi connectivity index (χ0) is 12.8. The number of fused-ring (bicyclic) bond motifs is 1. The Labute approximate surface area is 108 Å². The van der Waals surface area contributed by atoms with E-state index < -0.39 is 10.0 Å². The molecule has 1 heterocycles. The molecule has 3 rings (SSSR count). The van der Waals surface area contributed by atoms with Crippen molar-refractivity contribution in [2.75, 3.05) is 13.1 Å². The maximum atomic E-state index is 12.5. The van der Waals surface area contributed by atoms with Crippen LogP contribution in [0, 0.1) is 11.8 Å². The van der Waals surface area contributed by atoms with Crippen molar-refractivity contribution in [2.45, 2.75) is 23.8 Å². The Morgan fingerprint density at radius 1 is 1.11 bits per heavy atom. The summed E-state index contributed by atoms with van der Waals surface area (Å²) in [6.07, 6.45) is 2.10. The van der Waals surface area contributed by atoms with Gasteiger partial charge in [0.2, 0.25) is 10.0 Å². The minimum absolute atomic E-state index is 0.172. The van der Waals surface area contributed by atoms with E-state index in [1.807, 2.05) is 6.07 Å². The van der Waals surface area contributed by atoms with Crippen molar-refractivity contribution in [3.63, 3.8) is 0 Å². The monoisotopic (exact) mass is 266 g/mol. The molecule has 0 amide bonds. The van der Waals surface area contributed by atoms with Gasteiger partial charge in [0.15, 0.2) is 0 Å². The highest BCUT2D eigenvalue weighted by atomic mass is 32.2. The lowest BCUT2D eigenvalue weighted by Crippen LogP contribution is -2.33. The van der Waals surface area contributed by atoms with Crippen LogP contribution in [0.25, 0.3) is 0 Å². The highest BCUT2D eigenvalue weighted by Gasteiger charge is 2.44. The average molecular weight is 266 g/mol. The lowest BCUT2D eigenvalue weighted by molar-refractivity contribution is 0.427. The third-order valence-electron chi connectivity index (χ3n) is 4.26. The first-order valence-electron chi connectivity index (χ1n) is 6.40. The van der Waals surface area contributed by atoms with Crippen LogP contribution in [0.4, 0.5) is 0 Å². The molecule has 0 aromatic heterocycles. The molecule has 1 aliphatic heterocycles. The fraction of sp³-hybridized carbons (Fsp3) is 0.538. The van der Waals surface area contributed by atoms with Gasteiger partial charge in [-0.1, -0.05) is 18.2 Å². The van der Waals surface area contributed by atoms with Crippen molar-refractivity contribution in [3.8, 4) is 0 Å². The molecule has 1 saturated carbocycles. The largest absolute Gasteiger partial charge is 0.327 e. The van der Waals surface area contributed by atoms with Gasteiger partial charge in [-0.15, -0.1) is 0 Å². The number of sulfonamides is 1. The van der Waals surface area contributed by atoms with Gasteiger partial charge in [-0.2, -0.15) is 4.31 Å². The molecule has 0 bridgehead atoms. The summed E-state index contributed by atoms with van der Waals surface area (Å²) in [7, 11) is -3.33. The molecule has 2 fully saturated rings. The predicted molar refractivity (Wildman–Crippen MR) is 69.4 cm³/mol. The SMILES string of the molecule is N[C@@H]1CC[C@H]2CN(S(=O)(=O)c3ccccc3)C[C@@H]21. The second-order valence-corrected chi connectivity index (χ2v) is 7.24. The smallest absolute Gasteiger partial charge is 0.243 e. The number of nitrogens with zero attached hydrogens (tertiary/aromatic N) is 1. The maximum Gasteiger partial charge on any atom is 0.243 e. The molecule has 1 aliphatic carbocycles. The lowest BCUT2D eigenvalue weighted by atomic mass is 9.98. The molecular weight excluding hydrogens is 248 g/mol. The molecule has 1 saturated heterocycles. The van der Waals surface area contributed by atoms with E-state index in [0.29, 0.717) is 29.8 Å². The van der Waals surface area contributed by atoms with Crippen LogP contribution in [0.1, 0.15) is 12.8 Å². The summed E-state index contributed by atoms with van der Waals surface area (Å²) in [6, 6.07) is 8.83. The fourth-order valence-electron chi connectivity index (χ4n) is 3.20. The molecule has 2 aliphatic rings. The predicted octanol–water partition coefficient (Wildman–Crippen LogP) is 1.04. The quantitative estimate of drug-likeness (QED) is 0.870. The molecule has 0 radical (unpaired) electrons. The second-order valence-electron chi connectivity index (χ2n) is 5.30. The van der Waals surface area contributed by atoms with Crippen LogP contribution in [-0.2, 0) is 10.0 Å². The summed E-state index contributed by atoms with van der Waals surface area (Å²) in [4.78, 5) is 0.388. The summed E-state index contributed by atoms with van der Waals surface area (Å²) in [5, 5.41) is 0. The number of benzene rings is 1. The summed E-state index contributed by atoms with van der Waals surface area (Å²) in [5.74, 6) is 0.807. The molecule has 1 aromatic carbocycles. The van der Waals surface area contributed by atoms with E-state index >= 15 is 0 Å². The Morgan fingerprint density at radius 3 is 2.50 bits per heavy atom. The zero-order valence-electron chi connectivity index (χ0n) is 10.2. The average Bonchev–Trinajstić information content (AvgIpc) is 2.94. The molecule has 18 heavy (non-hydrogen) atoms. The van der Waals surface area contributed by atoms with Crippen molar-refractivity contribution in [3.05, 3.63) is 30.3 Å². The Bertz CT molecular complexity index is 529. The molecule has 4 nitrogen and oxygen atoms in total. The van der Waals surface area contributed by atoms with Crippen LogP contribution < -0.4 is 5.73 Å². The van der Waals surface area contributed by atoms with Gasteiger partial charge in [0.25, 0.3) is 0 Å². The van der Waals surface area contributed by atoms with E-state index in [0.717, 1.165) is 12.8 Å². The molecule has 0 unspecified atom stereocenters. The molecule has 3 atom stereocenters.